The van der Waals surface area contributed by atoms with Gasteiger partial charge in [0.15, 0.2) is 0 Å². The molecule has 5 heteroatoms. The molecule has 0 bridgehead atoms. The van der Waals surface area contributed by atoms with Crippen LogP contribution in [0.3, 0.4) is 0 Å². The Kier molecular flexibility index (Phi) is 2.51. The molecule has 1 rings (SSSR count). The SMILES string of the molecule is Cc1onc(OC(N)=O)c1C(C)(C)C. The van der Waals surface area contributed by atoms with Crippen LogP contribution in [0.1, 0.15) is 32.1 Å². The Bertz CT molecular complexity index is 349. The first-order valence-corrected chi connectivity index (χ1v) is 4.26. The topological polar surface area (TPSA) is 78.3 Å². The molecule has 0 radical (unpaired) electrons. The maximum atomic E-state index is 10.6. The Morgan fingerprint density at radius 1 is 1.50 bits per heavy atom. The number of hydrogen-bond acceptors (Lipinski definition) is 4. The molecule has 0 spiro atoms. The lowest BCUT2D eigenvalue weighted by Crippen LogP contribution is -2.20. The number of carbonyl (C=O) groups is 1. The fraction of sp³-hybridized carbons (Fsp3) is 0.556. The van der Waals surface area contributed by atoms with Crippen LogP contribution in [-0.2, 0) is 5.41 Å². The summed E-state index contributed by atoms with van der Waals surface area (Å²) in [6.07, 6.45) is -0.885. The molecule has 0 aromatic carbocycles. The Morgan fingerprint density at radius 3 is 2.50 bits per heavy atom. The normalized spacial score (nSPS) is 11.4. The lowest BCUT2D eigenvalue weighted by Gasteiger charge is -2.17. The van der Waals surface area contributed by atoms with Gasteiger partial charge in [0.05, 0.1) is 5.56 Å². The number of aromatic nitrogens is 1. The van der Waals surface area contributed by atoms with Gasteiger partial charge in [0.1, 0.15) is 5.76 Å². The van der Waals surface area contributed by atoms with Gasteiger partial charge in [-0.05, 0) is 17.5 Å². The molecule has 2 N–H and O–H groups in total. The van der Waals surface area contributed by atoms with Gasteiger partial charge in [0.2, 0.25) is 0 Å². The number of primary amides is 1. The number of nitrogens with two attached hydrogens (primary N) is 1. The Labute approximate surface area is 82.2 Å². The number of ether oxygens (including phenoxy) is 1. The third-order valence-electron chi connectivity index (χ3n) is 1.78. The van der Waals surface area contributed by atoms with E-state index in [9.17, 15) is 4.79 Å². The molecule has 0 fully saturated rings. The molecular weight excluding hydrogens is 184 g/mol. The summed E-state index contributed by atoms with van der Waals surface area (Å²) >= 11 is 0. The van der Waals surface area contributed by atoms with Crippen molar-refractivity contribution in [3.63, 3.8) is 0 Å². The highest BCUT2D eigenvalue weighted by molar-refractivity contribution is 5.68. The zero-order valence-corrected chi connectivity index (χ0v) is 8.75. The summed E-state index contributed by atoms with van der Waals surface area (Å²) < 4.78 is 9.67. The molecular formula is C9H14N2O3. The van der Waals surface area contributed by atoms with Crippen LogP contribution in [0.25, 0.3) is 0 Å². The largest absolute Gasteiger partial charge is 0.411 e. The Morgan fingerprint density at radius 2 is 2.07 bits per heavy atom. The van der Waals surface area contributed by atoms with Gasteiger partial charge in [-0.25, -0.2) is 4.79 Å². The van der Waals surface area contributed by atoms with E-state index in [-0.39, 0.29) is 11.3 Å². The van der Waals surface area contributed by atoms with E-state index in [4.69, 9.17) is 15.0 Å². The van der Waals surface area contributed by atoms with Crippen LogP contribution >= 0.6 is 0 Å². The highest BCUT2D eigenvalue weighted by atomic mass is 16.6. The molecule has 0 saturated heterocycles. The molecule has 1 heterocycles. The van der Waals surface area contributed by atoms with E-state index in [2.05, 4.69) is 5.16 Å². The maximum absolute atomic E-state index is 10.6. The van der Waals surface area contributed by atoms with Crippen LogP contribution in [0.5, 0.6) is 5.88 Å². The lowest BCUT2D eigenvalue weighted by molar-refractivity contribution is 0.205. The molecule has 78 valence electrons. The smallest absolute Gasteiger partial charge is 0.388 e. The first-order chi connectivity index (χ1) is 6.32. The van der Waals surface area contributed by atoms with Crippen molar-refractivity contribution < 1.29 is 14.1 Å². The Balaban J connectivity index is 3.13. The molecule has 5 nitrogen and oxygen atoms in total. The number of nitrogens with zero attached hydrogens (tertiary/aromatic N) is 1. The van der Waals surface area contributed by atoms with E-state index in [1.165, 1.54) is 0 Å². The summed E-state index contributed by atoms with van der Waals surface area (Å²) in [5.74, 6) is 0.788. The van der Waals surface area contributed by atoms with Gasteiger partial charge in [-0.1, -0.05) is 20.8 Å². The number of carbonyl (C=O) groups excluding carboxylic acids is 1. The number of rotatable bonds is 1. The van der Waals surface area contributed by atoms with Gasteiger partial charge in [-0.2, -0.15) is 0 Å². The molecule has 0 unspecified atom stereocenters. The molecule has 0 atom stereocenters. The lowest BCUT2D eigenvalue weighted by atomic mass is 9.87. The van der Waals surface area contributed by atoms with Crippen LogP contribution in [0.15, 0.2) is 4.52 Å². The molecule has 14 heavy (non-hydrogen) atoms. The van der Waals surface area contributed by atoms with E-state index in [0.29, 0.717) is 5.76 Å². The van der Waals surface area contributed by atoms with Crippen molar-refractivity contribution >= 4 is 6.09 Å². The van der Waals surface area contributed by atoms with Crippen LogP contribution < -0.4 is 10.5 Å². The highest BCUT2D eigenvalue weighted by Gasteiger charge is 2.27. The second-order valence-electron chi connectivity index (χ2n) is 4.09. The summed E-state index contributed by atoms with van der Waals surface area (Å²) in [6.45, 7) is 7.68. The van der Waals surface area contributed by atoms with Gasteiger partial charge in [0.25, 0.3) is 5.88 Å². The summed E-state index contributed by atoms with van der Waals surface area (Å²) in [5.41, 5.74) is 5.46. The highest BCUT2D eigenvalue weighted by Crippen LogP contribution is 2.33. The van der Waals surface area contributed by atoms with Gasteiger partial charge >= 0.3 is 6.09 Å². The summed E-state index contributed by atoms with van der Waals surface area (Å²) in [4.78, 5) is 10.6. The predicted octanol–water partition coefficient (Wildman–Crippen LogP) is 1.74. The van der Waals surface area contributed by atoms with Crippen LogP contribution in [0.2, 0.25) is 0 Å². The minimum Gasteiger partial charge on any atom is -0.388 e. The maximum Gasteiger partial charge on any atom is 0.411 e. The summed E-state index contributed by atoms with van der Waals surface area (Å²) in [5, 5.41) is 3.62. The van der Waals surface area contributed by atoms with E-state index < -0.39 is 6.09 Å². The molecule has 1 aromatic rings. The minimum atomic E-state index is -0.885. The van der Waals surface area contributed by atoms with Crippen molar-refractivity contribution in [1.29, 1.82) is 0 Å². The van der Waals surface area contributed by atoms with Gasteiger partial charge in [0, 0.05) is 0 Å². The van der Waals surface area contributed by atoms with Crippen molar-refractivity contribution in [2.24, 2.45) is 5.73 Å². The van der Waals surface area contributed by atoms with Crippen molar-refractivity contribution in [1.82, 2.24) is 5.16 Å². The first-order valence-electron chi connectivity index (χ1n) is 4.26. The van der Waals surface area contributed by atoms with Gasteiger partial charge in [-0.3, -0.25) is 0 Å². The van der Waals surface area contributed by atoms with E-state index >= 15 is 0 Å². The zero-order chi connectivity index (χ0) is 10.9. The van der Waals surface area contributed by atoms with E-state index in [0.717, 1.165) is 5.56 Å². The third kappa shape index (κ3) is 2.04. The number of amides is 1. The number of aryl methyl sites for hydroxylation is 1. The summed E-state index contributed by atoms with van der Waals surface area (Å²) in [6, 6.07) is 0. The molecule has 0 aliphatic carbocycles. The molecule has 1 amide bonds. The van der Waals surface area contributed by atoms with Crippen molar-refractivity contribution in [3.8, 4) is 5.88 Å². The van der Waals surface area contributed by atoms with Gasteiger partial charge in [-0.15, -0.1) is 0 Å². The number of hydrogen-bond donors (Lipinski definition) is 1. The minimum absolute atomic E-state index is 0.155. The fourth-order valence-corrected chi connectivity index (χ4v) is 1.37. The second-order valence-corrected chi connectivity index (χ2v) is 4.09. The predicted molar refractivity (Wildman–Crippen MR) is 50.2 cm³/mol. The third-order valence-corrected chi connectivity index (χ3v) is 1.78. The van der Waals surface area contributed by atoms with Crippen molar-refractivity contribution in [3.05, 3.63) is 11.3 Å². The molecule has 0 aliphatic rings. The first kappa shape index (κ1) is 10.6. The standard InChI is InChI=1S/C9H14N2O3/c1-5-6(9(2,3)4)7(11-14-5)13-8(10)12/h1-4H3,(H2,10,12). The van der Waals surface area contributed by atoms with Gasteiger partial charge < -0.3 is 15.0 Å². The average molecular weight is 198 g/mol. The van der Waals surface area contributed by atoms with E-state index in [1.807, 2.05) is 20.8 Å². The fourth-order valence-electron chi connectivity index (χ4n) is 1.37. The average Bonchev–Trinajstić information content (AvgIpc) is 2.28. The van der Waals surface area contributed by atoms with Crippen LogP contribution in [-0.4, -0.2) is 11.2 Å². The van der Waals surface area contributed by atoms with Crippen molar-refractivity contribution in [2.75, 3.05) is 0 Å². The van der Waals surface area contributed by atoms with Crippen molar-refractivity contribution in [2.45, 2.75) is 33.1 Å². The molecule has 0 aliphatic heterocycles. The Hall–Kier alpha value is -1.52. The quantitative estimate of drug-likeness (QED) is 0.745. The van der Waals surface area contributed by atoms with E-state index in [1.54, 1.807) is 6.92 Å². The van der Waals surface area contributed by atoms with Crippen LogP contribution in [0.4, 0.5) is 4.79 Å². The van der Waals surface area contributed by atoms with Crippen LogP contribution in [0, 0.1) is 6.92 Å². The molecule has 1 aromatic heterocycles. The second kappa shape index (κ2) is 3.32. The zero-order valence-electron chi connectivity index (χ0n) is 8.75. The summed E-state index contributed by atoms with van der Waals surface area (Å²) in [7, 11) is 0. The molecule has 0 saturated carbocycles. The monoisotopic (exact) mass is 198 g/mol.